The van der Waals surface area contributed by atoms with E-state index in [1.807, 2.05) is 0 Å². The van der Waals surface area contributed by atoms with E-state index in [-0.39, 0.29) is 16.9 Å². The third kappa shape index (κ3) is 7.82. The normalized spacial score (nSPS) is 12.3. The number of hydrogen-bond acceptors (Lipinski definition) is 16. The molecule has 0 aliphatic carbocycles. The molecule has 23 heteroatoms. The number of aryl methyl sites for hydroxylation is 2. The fourth-order valence-electron chi connectivity index (χ4n) is 4.66. The van der Waals surface area contributed by atoms with Crippen molar-refractivity contribution in [1.29, 1.82) is 0 Å². The molecule has 0 saturated heterocycles. The molecular formula is C28H23N7O13S3. The number of benzene rings is 4. The zero-order valence-corrected chi connectivity index (χ0v) is 28.1. The Morgan fingerprint density at radius 3 is 1.88 bits per heavy atom. The molecule has 4 aromatic carbocycles. The molecule has 5 rings (SSSR count). The monoisotopic (exact) mass is 761 g/mol. The predicted molar refractivity (Wildman–Crippen MR) is 177 cm³/mol. The molecular weight excluding hydrogens is 739 g/mol. The van der Waals surface area contributed by atoms with E-state index in [0.29, 0.717) is 17.2 Å². The van der Waals surface area contributed by atoms with Gasteiger partial charge in [0.25, 0.3) is 30.4 Å². The van der Waals surface area contributed by atoms with Gasteiger partial charge in [0.15, 0.2) is 5.75 Å². The molecule has 5 aromatic rings. The van der Waals surface area contributed by atoms with Crippen LogP contribution in [0.3, 0.4) is 0 Å². The van der Waals surface area contributed by atoms with Crippen LogP contribution in [0.2, 0.25) is 0 Å². The number of aromatic nitrogens is 3. The summed E-state index contributed by atoms with van der Waals surface area (Å²) in [6.07, 6.45) is 0. The van der Waals surface area contributed by atoms with Gasteiger partial charge in [-0.15, -0.1) is 10.2 Å². The third-order valence-electron chi connectivity index (χ3n) is 7.08. The molecule has 0 fully saturated rings. The van der Waals surface area contributed by atoms with Crippen LogP contribution >= 0.6 is 0 Å². The summed E-state index contributed by atoms with van der Waals surface area (Å²) in [5, 5.41) is 42.7. The maximum absolute atomic E-state index is 12.4. The summed E-state index contributed by atoms with van der Waals surface area (Å²) in [4.78, 5) is 20.4. The molecule has 51 heavy (non-hydrogen) atoms. The number of phenolic OH excluding ortho intramolecular Hbond substituents is 1. The number of hydrogen-bond donors (Lipinski definition) is 8. The van der Waals surface area contributed by atoms with Crippen molar-refractivity contribution >= 4 is 81.7 Å². The fourth-order valence-corrected chi connectivity index (χ4v) is 6.58. The summed E-state index contributed by atoms with van der Waals surface area (Å²) in [5.74, 6) is -3.61. The van der Waals surface area contributed by atoms with Crippen LogP contribution in [0.4, 0.5) is 34.6 Å². The van der Waals surface area contributed by atoms with Gasteiger partial charge in [-0.1, -0.05) is 12.1 Å². The Labute approximate surface area is 287 Å². The molecule has 0 atom stereocenters. The number of carbonyl (C=O) groups is 1. The highest BCUT2D eigenvalue weighted by molar-refractivity contribution is 7.86. The Hall–Kier alpha value is -5.85. The topological polar surface area (TPSA) is 328 Å². The summed E-state index contributed by atoms with van der Waals surface area (Å²) < 4.78 is 103. The average molecular weight is 762 g/mol. The van der Waals surface area contributed by atoms with E-state index < -0.39 is 96.8 Å². The van der Waals surface area contributed by atoms with Gasteiger partial charge in [-0.3, -0.25) is 13.7 Å². The summed E-state index contributed by atoms with van der Waals surface area (Å²) in [7, 11) is -15.1. The molecule has 1 aromatic heterocycles. The van der Waals surface area contributed by atoms with Gasteiger partial charge in [-0.2, -0.15) is 40.2 Å². The van der Waals surface area contributed by atoms with Crippen molar-refractivity contribution in [3.8, 4) is 11.8 Å². The number of nitrogens with one attached hydrogen (secondary N) is 2. The summed E-state index contributed by atoms with van der Waals surface area (Å²) >= 11 is 0. The molecule has 0 amide bonds. The molecule has 0 aliphatic rings. The summed E-state index contributed by atoms with van der Waals surface area (Å²) in [6, 6.07) is 8.82. The maximum Gasteiger partial charge on any atom is 0.337 e. The van der Waals surface area contributed by atoms with Crippen molar-refractivity contribution in [2.75, 3.05) is 10.6 Å². The van der Waals surface area contributed by atoms with Gasteiger partial charge in [-0.25, -0.2) is 4.79 Å². The Kier molecular flexibility index (Phi) is 9.37. The second-order valence-corrected chi connectivity index (χ2v) is 14.8. The number of aromatic carboxylic acids is 1. The van der Waals surface area contributed by atoms with Gasteiger partial charge in [0.05, 0.1) is 21.8 Å². The Bertz CT molecular complexity index is 2650. The Morgan fingerprint density at radius 2 is 1.29 bits per heavy atom. The number of nitrogens with zero attached hydrogens (tertiary/aromatic N) is 5. The van der Waals surface area contributed by atoms with E-state index in [9.17, 15) is 59.0 Å². The summed E-state index contributed by atoms with van der Waals surface area (Å²) in [6.45, 7) is 3.23. The van der Waals surface area contributed by atoms with Gasteiger partial charge in [0.1, 0.15) is 21.2 Å². The molecule has 0 saturated carbocycles. The van der Waals surface area contributed by atoms with Crippen LogP contribution in [-0.4, -0.2) is 75.2 Å². The molecule has 0 bridgehead atoms. The number of carboxylic acids is 1. The molecule has 1 heterocycles. The van der Waals surface area contributed by atoms with Gasteiger partial charge >= 0.3 is 12.0 Å². The van der Waals surface area contributed by atoms with Gasteiger partial charge in [-0.05, 0) is 72.8 Å². The molecule has 20 nitrogen and oxygen atoms in total. The SMILES string of the molecule is Cc1cc(Nc2nc(O)nc(Nc3cc(S(=O)(=O)O)cc4cc(S(=O)(=O)O)c(N=Nc5ccccc5C(=O)O)c(O)c34)n2)c(S(=O)(=O)O)cc1C. The van der Waals surface area contributed by atoms with Crippen LogP contribution in [-0.2, 0) is 30.4 Å². The number of phenols is 1. The highest BCUT2D eigenvalue weighted by Gasteiger charge is 2.26. The second-order valence-electron chi connectivity index (χ2n) is 10.6. The van der Waals surface area contributed by atoms with Crippen molar-refractivity contribution < 1.29 is 59.0 Å². The minimum atomic E-state index is -5.26. The van der Waals surface area contributed by atoms with Crippen LogP contribution < -0.4 is 10.6 Å². The maximum atomic E-state index is 12.4. The molecule has 0 unspecified atom stereocenters. The number of azo groups is 1. The number of rotatable bonds is 10. The highest BCUT2D eigenvalue weighted by Crippen LogP contribution is 2.46. The lowest BCUT2D eigenvalue weighted by Crippen LogP contribution is -2.08. The second kappa shape index (κ2) is 13.1. The average Bonchev–Trinajstić information content (AvgIpc) is 3.00. The minimum absolute atomic E-state index is 0.217. The van der Waals surface area contributed by atoms with Crippen molar-refractivity contribution in [2.45, 2.75) is 28.5 Å². The van der Waals surface area contributed by atoms with E-state index in [1.54, 1.807) is 13.8 Å². The van der Waals surface area contributed by atoms with E-state index in [1.165, 1.54) is 30.3 Å². The standard InChI is InChI=1S/C28H23N7O13S3/c1-12-7-18(20(8-13(12)2)50(43,44)45)29-26-31-27(33-28(39)32-26)30-19-11-15(49(40,41)42)9-14-10-21(51(46,47)48)23(24(36)22(14)19)35-34-17-6-4-3-5-16(17)25(37)38/h3-11,36H,1-2H3,(H,37,38)(H,40,41,42)(H,43,44,45)(H,46,47,48)(H3,29,30,31,32,33,39). The lowest BCUT2D eigenvalue weighted by atomic mass is 10.1. The van der Waals surface area contributed by atoms with E-state index >= 15 is 0 Å². The fraction of sp³-hybridized carbons (Fsp3) is 0.0714. The first-order chi connectivity index (χ1) is 23.6. The van der Waals surface area contributed by atoms with Crippen LogP contribution in [0.1, 0.15) is 21.5 Å². The highest BCUT2D eigenvalue weighted by atomic mass is 32.2. The quantitative estimate of drug-likeness (QED) is 0.0722. The predicted octanol–water partition coefficient (Wildman–Crippen LogP) is 4.39. The van der Waals surface area contributed by atoms with Crippen molar-refractivity contribution in [1.82, 2.24) is 15.0 Å². The molecule has 0 spiro atoms. The number of fused-ring (bicyclic) bond motifs is 1. The van der Waals surface area contributed by atoms with Crippen LogP contribution in [0.25, 0.3) is 10.8 Å². The first-order valence-electron chi connectivity index (χ1n) is 13.7. The smallest absolute Gasteiger partial charge is 0.337 e. The molecule has 0 radical (unpaired) electrons. The Morgan fingerprint density at radius 1 is 0.706 bits per heavy atom. The van der Waals surface area contributed by atoms with Gasteiger partial charge < -0.3 is 26.0 Å². The Balaban J connectivity index is 1.72. The molecule has 8 N–H and O–H groups in total. The first-order valence-corrected chi connectivity index (χ1v) is 18.1. The molecule has 0 aliphatic heterocycles. The van der Waals surface area contributed by atoms with E-state index in [0.717, 1.165) is 18.2 Å². The van der Waals surface area contributed by atoms with Crippen molar-refractivity contribution in [2.24, 2.45) is 10.2 Å². The molecule has 266 valence electrons. The van der Waals surface area contributed by atoms with Gasteiger partial charge in [0.2, 0.25) is 11.9 Å². The van der Waals surface area contributed by atoms with Crippen molar-refractivity contribution in [3.63, 3.8) is 0 Å². The lowest BCUT2D eigenvalue weighted by Gasteiger charge is -2.16. The van der Waals surface area contributed by atoms with Gasteiger partial charge in [0, 0.05) is 5.39 Å². The number of anilines is 4. The van der Waals surface area contributed by atoms with E-state index in [2.05, 4.69) is 35.8 Å². The summed E-state index contributed by atoms with van der Waals surface area (Å²) in [5.41, 5.74) is -1.20. The van der Waals surface area contributed by atoms with Crippen LogP contribution in [0.5, 0.6) is 11.8 Å². The zero-order valence-electron chi connectivity index (χ0n) is 25.7. The minimum Gasteiger partial charge on any atom is -0.505 e. The van der Waals surface area contributed by atoms with Crippen LogP contribution in [0, 0.1) is 13.8 Å². The third-order valence-corrected chi connectivity index (χ3v) is 9.67. The first kappa shape index (κ1) is 36.4. The van der Waals surface area contributed by atoms with E-state index in [4.69, 9.17) is 0 Å². The van der Waals surface area contributed by atoms with Crippen LogP contribution in [0.15, 0.2) is 79.5 Å². The largest absolute Gasteiger partial charge is 0.505 e. The zero-order chi connectivity index (χ0) is 37.6. The number of carboxylic acid groups (broad SMARTS) is 1. The number of aromatic hydroxyl groups is 2. The lowest BCUT2D eigenvalue weighted by molar-refractivity contribution is 0.0697. The van der Waals surface area contributed by atoms with Crippen molar-refractivity contribution in [3.05, 3.63) is 71.3 Å².